The van der Waals surface area contributed by atoms with E-state index in [2.05, 4.69) is 19.2 Å². The van der Waals surface area contributed by atoms with E-state index >= 15 is 0 Å². The quantitative estimate of drug-likeness (QED) is 0.846. The van der Waals surface area contributed by atoms with Crippen LogP contribution in [-0.2, 0) is 9.53 Å². The topological polar surface area (TPSA) is 55.4 Å². The molecule has 116 valence electrons. The zero-order chi connectivity index (χ0) is 16.1. The number of amides is 1. The number of hydrogen-bond acceptors (Lipinski definition) is 4. The molecule has 2 rings (SSSR count). The highest BCUT2D eigenvalue weighted by Gasteiger charge is 2.19. The number of carbonyl (C=O) groups is 2. The van der Waals surface area contributed by atoms with Gasteiger partial charge in [-0.2, -0.15) is 0 Å². The number of esters is 1. The fraction of sp³-hybridized carbons (Fsp3) is 0.294. The molecule has 1 heterocycles. The Morgan fingerprint density at radius 1 is 1.09 bits per heavy atom. The standard InChI is InChI=1S/C17H19NO3S/c1-11(2)13-6-8-14(9-7-13)18-16(19)12(3)21-17(20)15-5-4-10-22-15/h4-12H,1-3H3,(H,18,19)/t12-/m0/s1. The fourth-order valence-electron chi connectivity index (χ4n) is 1.86. The van der Waals surface area contributed by atoms with E-state index in [1.807, 2.05) is 24.3 Å². The summed E-state index contributed by atoms with van der Waals surface area (Å²) in [5.41, 5.74) is 1.89. The molecule has 0 saturated carbocycles. The van der Waals surface area contributed by atoms with Crippen molar-refractivity contribution in [2.45, 2.75) is 32.8 Å². The van der Waals surface area contributed by atoms with Crippen molar-refractivity contribution >= 4 is 28.9 Å². The SMILES string of the molecule is CC(C)c1ccc(NC(=O)[C@H](C)OC(=O)c2cccs2)cc1. The van der Waals surface area contributed by atoms with Crippen LogP contribution in [0.15, 0.2) is 41.8 Å². The zero-order valence-electron chi connectivity index (χ0n) is 12.8. The lowest BCUT2D eigenvalue weighted by molar-refractivity contribution is -0.123. The van der Waals surface area contributed by atoms with Gasteiger partial charge in [-0.15, -0.1) is 11.3 Å². The summed E-state index contributed by atoms with van der Waals surface area (Å²) in [5.74, 6) is -0.384. The Morgan fingerprint density at radius 2 is 1.77 bits per heavy atom. The summed E-state index contributed by atoms with van der Waals surface area (Å²) in [6.45, 7) is 5.78. The normalized spacial score (nSPS) is 12.0. The number of ether oxygens (including phenoxy) is 1. The Balaban J connectivity index is 1.92. The highest BCUT2D eigenvalue weighted by Crippen LogP contribution is 2.17. The minimum Gasteiger partial charge on any atom is -0.448 e. The van der Waals surface area contributed by atoms with Gasteiger partial charge in [-0.25, -0.2) is 4.79 Å². The molecule has 0 spiro atoms. The van der Waals surface area contributed by atoms with Crippen LogP contribution in [-0.4, -0.2) is 18.0 Å². The van der Waals surface area contributed by atoms with Crippen LogP contribution in [0.2, 0.25) is 0 Å². The van der Waals surface area contributed by atoms with Crippen LogP contribution < -0.4 is 5.32 Å². The average Bonchev–Trinajstić information content (AvgIpc) is 3.02. The van der Waals surface area contributed by atoms with Gasteiger partial charge in [0, 0.05) is 5.69 Å². The lowest BCUT2D eigenvalue weighted by Crippen LogP contribution is -2.29. The van der Waals surface area contributed by atoms with Gasteiger partial charge in [0.05, 0.1) is 0 Å². The maximum Gasteiger partial charge on any atom is 0.349 e. The van der Waals surface area contributed by atoms with Crippen LogP contribution in [0.3, 0.4) is 0 Å². The van der Waals surface area contributed by atoms with Crippen molar-refractivity contribution in [1.82, 2.24) is 0 Å². The highest BCUT2D eigenvalue weighted by molar-refractivity contribution is 7.11. The molecule has 0 fully saturated rings. The molecule has 2 aromatic rings. The minimum absolute atomic E-state index is 0.345. The lowest BCUT2D eigenvalue weighted by atomic mass is 10.0. The van der Waals surface area contributed by atoms with E-state index in [9.17, 15) is 9.59 Å². The maximum atomic E-state index is 12.1. The maximum absolute atomic E-state index is 12.1. The number of thiophene rings is 1. The van der Waals surface area contributed by atoms with Crippen LogP contribution in [0.4, 0.5) is 5.69 Å². The molecule has 0 saturated heterocycles. The van der Waals surface area contributed by atoms with Crippen molar-refractivity contribution in [1.29, 1.82) is 0 Å². The first-order valence-corrected chi connectivity index (χ1v) is 8.00. The molecule has 0 aliphatic rings. The van der Waals surface area contributed by atoms with Gasteiger partial charge in [0.15, 0.2) is 6.10 Å². The van der Waals surface area contributed by atoms with Gasteiger partial charge in [0.1, 0.15) is 4.88 Å². The largest absolute Gasteiger partial charge is 0.448 e. The Kier molecular flexibility index (Phi) is 5.33. The molecule has 0 bridgehead atoms. The highest BCUT2D eigenvalue weighted by atomic mass is 32.1. The molecule has 1 aromatic carbocycles. The average molecular weight is 317 g/mol. The first-order chi connectivity index (χ1) is 10.5. The van der Waals surface area contributed by atoms with E-state index in [4.69, 9.17) is 4.74 Å². The second kappa shape index (κ2) is 7.22. The summed E-state index contributed by atoms with van der Waals surface area (Å²) in [6.07, 6.45) is -0.848. The van der Waals surface area contributed by atoms with Crippen molar-refractivity contribution < 1.29 is 14.3 Å². The number of nitrogens with one attached hydrogen (secondary N) is 1. The summed E-state index contributed by atoms with van der Waals surface area (Å²) >= 11 is 1.29. The van der Waals surface area contributed by atoms with Crippen LogP contribution in [0.5, 0.6) is 0 Å². The van der Waals surface area contributed by atoms with E-state index in [-0.39, 0.29) is 5.91 Å². The molecule has 1 amide bonds. The lowest BCUT2D eigenvalue weighted by Gasteiger charge is -2.13. The summed E-state index contributed by atoms with van der Waals surface area (Å²) in [7, 11) is 0. The second-order valence-electron chi connectivity index (χ2n) is 5.29. The van der Waals surface area contributed by atoms with E-state index in [1.54, 1.807) is 24.4 Å². The minimum atomic E-state index is -0.848. The third-order valence-electron chi connectivity index (χ3n) is 3.22. The third-order valence-corrected chi connectivity index (χ3v) is 4.07. The summed E-state index contributed by atoms with van der Waals surface area (Å²) < 4.78 is 5.15. The van der Waals surface area contributed by atoms with Gasteiger partial charge < -0.3 is 10.1 Å². The molecule has 1 aromatic heterocycles. The number of hydrogen-bond donors (Lipinski definition) is 1. The molecule has 4 nitrogen and oxygen atoms in total. The summed E-state index contributed by atoms with van der Waals surface area (Å²) in [5, 5.41) is 4.54. The van der Waals surface area contributed by atoms with Gasteiger partial charge in [-0.3, -0.25) is 4.79 Å². The molecule has 5 heteroatoms. The van der Waals surface area contributed by atoms with E-state index < -0.39 is 12.1 Å². The predicted octanol–water partition coefficient (Wildman–Crippen LogP) is 4.06. The van der Waals surface area contributed by atoms with Crippen molar-refractivity contribution in [3.63, 3.8) is 0 Å². The Labute approximate surface area is 134 Å². The van der Waals surface area contributed by atoms with Gasteiger partial charge in [0.25, 0.3) is 5.91 Å². The molecule has 0 aliphatic carbocycles. The zero-order valence-corrected chi connectivity index (χ0v) is 13.6. The smallest absolute Gasteiger partial charge is 0.349 e. The van der Waals surface area contributed by atoms with Crippen molar-refractivity contribution in [3.05, 3.63) is 52.2 Å². The molecule has 1 N–H and O–H groups in total. The molecular weight excluding hydrogens is 298 g/mol. The molecule has 1 atom stereocenters. The van der Waals surface area contributed by atoms with Gasteiger partial charge >= 0.3 is 5.97 Å². The molecule has 0 unspecified atom stereocenters. The Bertz CT molecular complexity index is 632. The Morgan fingerprint density at radius 3 is 2.32 bits per heavy atom. The van der Waals surface area contributed by atoms with Crippen molar-refractivity contribution in [3.8, 4) is 0 Å². The monoisotopic (exact) mass is 317 g/mol. The van der Waals surface area contributed by atoms with Crippen LogP contribution in [0.1, 0.15) is 41.9 Å². The Hall–Kier alpha value is -2.14. The third kappa shape index (κ3) is 4.18. The van der Waals surface area contributed by atoms with E-state index in [0.717, 1.165) is 0 Å². The first-order valence-electron chi connectivity index (χ1n) is 7.12. The van der Waals surface area contributed by atoms with Crippen LogP contribution in [0.25, 0.3) is 0 Å². The number of benzene rings is 1. The van der Waals surface area contributed by atoms with Crippen molar-refractivity contribution in [2.24, 2.45) is 0 Å². The molecule has 0 aliphatic heterocycles. The molecule has 22 heavy (non-hydrogen) atoms. The van der Waals surface area contributed by atoms with Gasteiger partial charge in [-0.05, 0) is 42.0 Å². The van der Waals surface area contributed by atoms with E-state index in [1.165, 1.54) is 16.9 Å². The molecule has 0 radical (unpaired) electrons. The van der Waals surface area contributed by atoms with Crippen molar-refractivity contribution in [2.75, 3.05) is 5.32 Å². The fourth-order valence-corrected chi connectivity index (χ4v) is 2.47. The molecular formula is C17H19NO3S. The number of anilines is 1. The van der Waals surface area contributed by atoms with Crippen LogP contribution in [0, 0.1) is 0 Å². The number of carbonyl (C=O) groups excluding carboxylic acids is 2. The summed E-state index contributed by atoms with van der Waals surface area (Å²) in [6, 6.07) is 11.1. The summed E-state index contributed by atoms with van der Waals surface area (Å²) in [4.78, 5) is 24.3. The predicted molar refractivity (Wildman–Crippen MR) is 88.4 cm³/mol. The van der Waals surface area contributed by atoms with Crippen LogP contribution >= 0.6 is 11.3 Å². The number of rotatable bonds is 5. The second-order valence-corrected chi connectivity index (χ2v) is 6.24. The van der Waals surface area contributed by atoms with Gasteiger partial charge in [-0.1, -0.05) is 32.0 Å². The van der Waals surface area contributed by atoms with E-state index in [0.29, 0.717) is 16.5 Å². The van der Waals surface area contributed by atoms with Gasteiger partial charge in [0.2, 0.25) is 0 Å². The first kappa shape index (κ1) is 16.2.